The fraction of sp³-hybridized carbons (Fsp3) is 0.500. The molecule has 7 nitrogen and oxygen atoms in total. The number of halogens is 2. The number of carbonyl (C=O) groups is 1. The van der Waals surface area contributed by atoms with Gasteiger partial charge < -0.3 is 14.7 Å². The molecular formula is C30H34BrClN2O5S. The lowest BCUT2D eigenvalue weighted by Crippen LogP contribution is -2.49. The number of benzene rings is 2. The Hall–Kier alpha value is -2.07. The molecule has 1 fully saturated rings. The van der Waals surface area contributed by atoms with Crippen LogP contribution in [0.3, 0.4) is 0 Å². The quantitative estimate of drug-likeness (QED) is 0.401. The van der Waals surface area contributed by atoms with Crippen molar-refractivity contribution in [2.24, 2.45) is 11.8 Å². The lowest BCUT2D eigenvalue weighted by atomic mass is 9.68. The zero-order chi connectivity index (χ0) is 28.1. The van der Waals surface area contributed by atoms with E-state index in [9.17, 15) is 18.3 Å². The van der Waals surface area contributed by atoms with Crippen LogP contribution in [-0.2, 0) is 21.9 Å². The molecule has 214 valence electrons. The summed E-state index contributed by atoms with van der Waals surface area (Å²) in [6, 6.07) is 11.3. The van der Waals surface area contributed by atoms with E-state index in [2.05, 4.69) is 37.7 Å². The Balaban J connectivity index is 1.42. The number of hydrogen-bond donors (Lipinski definition) is 2. The van der Waals surface area contributed by atoms with Gasteiger partial charge in [0.2, 0.25) is 10.0 Å². The van der Waals surface area contributed by atoms with Crippen molar-refractivity contribution >= 4 is 49.1 Å². The number of rotatable bonds is 0. The first kappa shape index (κ1) is 28.1. The smallest absolute Gasteiger partial charge is 0.264 e. The topological polar surface area (TPSA) is 95.9 Å². The van der Waals surface area contributed by atoms with Gasteiger partial charge in [0.05, 0.1) is 24.2 Å². The van der Waals surface area contributed by atoms with Crippen molar-refractivity contribution in [3.8, 4) is 5.75 Å². The molecule has 4 atom stereocenters. The summed E-state index contributed by atoms with van der Waals surface area (Å²) in [5.41, 5.74) is 3.31. The van der Waals surface area contributed by atoms with Crippen molar-refractivity contribution in [1.82, 2.24) is 4.72 Å². The van der Waals surface area contributed by atoms with Gasteiger partial charge in [-0.2, -0.15) is 0 Å². The third-order valence-electron chi connectivity index (χ3n) is 9.10. The van der Waals surface area contributed by atoms with Crippen molar-refractivity contribution in [3.05, 3.63) is 68.7 Å². The van der Waals surface area contributed by atoms with E-state index in [0.29, 0.717) is 38.3 Å². The predicted molar refractivity (Wildman–Crippen MR) is 160 cm³/mol. The molecular weight excluding hydrogens is 616 g/mol. The van der Waals surface area contributed by atoms with Gasteiger partial charge in [-0.3, -0.25) is 4.79 Å². The normalized spacial score (nSPS) is 31.4. The molecule has 6 rings (SSSR count). The molecule has 10 heteroatoms. The van der Waals surface area contributed by atoms with Crippen LogP contribution in [0.25, 0.3) is 0 Å². The summed E-state index contributed by atoms with van der Waals surface area (Å²) in [6.45, 7) is 1.89. The second kappa shape index (κ2) is 11.0. The van der Waals surface area contributed by atoms with Crippen LogP contribution >= 0.6 is 27.5 Å². The molecule has 1 spiro atoms. The molecule has 2 aromatic rings. The number of ether oxygens (including phenoxy) is 1. The molecule has 2 aliphatic heterocycles. The number of sulfonamides is 1. The van der Waals surface area contributed by atoms with Crippen LogP contribution in [-0.4, -0.2) is 51.0 Å². The van der Waals surface area contributed by atoms with Crippen molar-refractivity contribution in [3.63, 3.8) is 0 Å². The van der Waals surface area contributed by atoms with E-state index < -0.39 is 22.0 Å². The highest BCUT2D eigenvalue weighted by atomic mass is 79.9. The number of nitrogens with one attached hydrogen (secondary N) is 1. The van der Waals surface area contributed by atoms with Crippen LogP contribution in [0.4, 0.5) is 5.69 Å². The van der Waals surface area contributed by atoms with Crippen LogP contribution in [0.15, 0.2) is 47.0 Å². The third kappa shape index (κ3) is 5.54. The van der Waals surface area contributed by atoms with Crippen LogP contribution in [0, 0.1) is 11.8 Å². The SMILES string of the molecule is O=C1NS(=O)(=O)CCC/C(Br)=C/[C@H](O)[C@@H]2CC[C@H]2CN2C[C@@]3(CCCc4cc(Cl)ccc43)COc3ccc1cc32. The molecule has 4 aliphatic rings. The van der Waals surface area contributed by atoms with Crippen LogP contribution < -0.4 is 14.4 Å². The Morgan fingerprint density at radius 2 is 1.98 bits per heavy atom. The molecule has 2 aliphatic carbocycles. The van der Waals surface area contributed by atoms with E-state index in [-0.39, 0.29) is 28.6 Å². The van der Waals surface area contributed by atoms with Gasteiger partial charge in [-0.05, 0) is 109 Å². The fourth-order valence-corrected chi connectivity index (χ4v) is 8.66. The molecule has 2 heterocycles. The molecule has 0 unspecified atom stereocenters. The Kier molecular flexibility index (Phi) is 7.70. The molecule has 0 aromatic heterocycles. The summed E-state index contributed by atoms with van der Waals surface area (Å²) in [7, 11) is -3.82. The van der Waals surface area contributed by atoms with Crippen molar-refractivity contribution < 1.29 is 23.1 Å². The lowest BCUT2D eigenvalue weighted by molar-refractivity contribution is 0.0455. The molecule has 40 heavy (non-hydrogen) atoms. The number of carbonyl (C=O) groups excluding carboxylic acids is 1. The van der Waals surface area contributed by atoms with Gasteiger partial charge in [0, 0.05) is 29.1 Å². The first-order valence-corrected chi connectivity index (χ1v) is 16.8. The number of aliphatic hydroxyl groups is 1. The largest absolute Gasteiger partial charge is 0.490 e. The zero-order valence-electron chi connectivity index (χ0n) is 22.2. The van der Waals surface area contributed by atoms with Gasteiger partial charge in [0.25, 0.3) is 5.91 Å². The summed E-state index contributed by atoms with van der Waals surface area (Å²) < 4.78 is 34.9. The van der Waals surface area contributed by atoms with Crippen molar-refractivity contribution in [1.29, 1.82) is 0 Å². The minimum atomic E-state index is -3.82. The Bertz CT molecular complexity index is 1460. The number of aliphatic hydroxyl groups excluding tert-OH is 1. The number of nitrogens with zero attached hydrogens (tertiary/aromatic N) is 1. The summed E-state index contributed by atoms with van der Waals surface area (Å²) in [4.78, 5) is 15.4. The molecule has 1 amide bonds. The third-order valence-corrected chi connectivity index (χ3v) is 11.3. The maximum absolute atomic E-state index is 13.1. The maximum atomic E-state index is 13.1. The van der Waals surface area contributed by atoms with E-state index in [1.807, 2.05) is 12.1 Å². The van der Waals surface area contributed by atoms with E-state index in [4.69, 9.17) is 16.3 Å². The second-order valence-corrected chi connectivity index (χ2v) is 15.0. The molecule has 2 N–H and O–H groups in total. The minimum absolute atomic E-state index is 0.108. The Morgan fingerprint density at radius 3 is 2.77 bits per heavy atom. The highest BCUT2D eigenvalue weighted by molar-refractivity contribution is 9.11. The van der Waals surface area contributed by atoms with Crippen molar-refractivity contribution in [2.75, 3.05) is 30.3 Å². The predicted octanol–water partition coefficient (Wildman–Crippen LogP) is 5.33. The Labute approximate surface area is 249 Å². The molecule has 1 saturated carbocycles. The summed E-state index contributed by atoms with van der Waals surface area (Å²) in [5, 5.41) is 11.8. The zero-order valence-corrected chi connectivity index (χ0v) is 25.4. The monoisotopic (exact) mass is 648 g/mol. The van der Waals surface area contributed by atoms with Gasteiger partial charge in [0.15, 0.2) is 0 Å². The van der Waals surface area contributed by atoms with Gasteiger partial charge in [0.1, 0.15) is 5.75 Å². The van der Waals surface area contributed by atoms with Crippen LogP contribution in [0.1, 0.15) is 60.0 Å². The van der Waals surface area contributed by atoms with Gasteiger partial charge in [-0.25, -0.2) is 13.1 Å². The Morgan fingerprint density at radius 1 is 1.12 bits per heavy atom. The summed E-state index contributed by atoms with van der Waals surface area (Å²) >= 11 is 9.89. The lowest BCUT2D eigenvalue weighted by Gasteiger charge is -2.45. The first-order chi connectivity index (χ1) is 19.1. The van der Waals surface area contributed by atoms with Gasteiger partial charge in [-0.15, -0.1) is 0 Å². The maximum Gasteiger partial charge on any atom is 0.264 e. The van der Waals surface area contributed by atoms with E-state index in [0.717, 1.165) is 47.3 Å². The highest BCUT2D eigenvalue weighted by Crippen LogP contribution is 2.46. The minimum Gasteiger partial charge on any atom is -0.490 e. The van der Waals surface area contributed by atoms with E-state index in [1.165, 1.54) is 11.1 Å². The average molecular weight is 650 g/mol. The van der Waals surface area contributed by atoms with Gasteiger partial charge in [-0.1, -0.05) is 33.6 Å². The first-order valence-electron chi connectivity index (χ1n) is 14.0. The number of allylic oxidation sites excluding steroid dienone is 1. The number of hydrogen-bond acceptors (Lipinski definition) is 6. The number of aryl methyl sites for hydroxylation is 1. The van der Waals surface area contributed by atoms with Crippen molar-refractivity contribution in [2.45, 2.75) is 56.5 Å². The standard InChI is InChI=1S/C30H34BrClN2O5S/c31-22-4-2-12-40(37,38)33-29(36)20-6-10-28-26(14-20)34(16-21-5-8-24(21)27(35)15-22)17-30(18-39-28)11-1-3-19-13-23(32)7-9-25(19)30/h6-7,9-10,13-15,21,24,27,35H,1-5,8,11-12,16-18H2,(H,33,36)/b22-15-/t21-,24+,27-,30-/m0/s1. The van der Waals surface area contributed by atoms with E-state index in [1.54, 1.807) is 18.2 Å². The van der Waals surface area contributed by atoms with Gasteiger partial charge >= 0.3 is 0 Å². The summed E-state index contributed by atoms with van der Waals surface area (Å²) in [5.74, 6) is 0.233. The number of amides is 1. The molecule has 0 saturated heterocycles. The number of fused-ring (bicyclic) bond motifs is 4. The molecule has 2 bridgehead atoms. The van der Waals surface area contributed by atoms with E-state index >= 15 is 0 Å². The molecule has 2 aromatic carbocycles. The fourth-order valence-electron chi connectivity index (χ4n) is 6.88. The average Bonchev–Trinajstić information content (AvgIpc) is 3.02. The highest BCUT2D eigenvalue weighted by Gasteiger charge is 2.44. The second-order valence-electron chi connectivity index (χ2n) is 11.7. The number of anilines is 1. The molecule has 0 radical (unpaired) electrons. The van der Waals surface area contributed by atoms with Crippen LogP contribution in [0.5, 0.6) is 5.75 Å². The summed E-state index contributed by atoms with van der Waals surface area (Å²) in [6.07, 6.45) is 6.91. The van der Waals surface area contributed by atoms with Crippen LogP contribution in [0.2, 0.25) is 5.02 Å².